The second-order valence-electron chi connectivity index (χ2n) is 5.46. The number of para-hydroxylation sites is 1. The Balaban J connectivity index is 1.67. The van der Waals surface area contributed by atoms with E-state index in [9.17, 15) is 9.59 Å². The first kappa shape index (κ1) is 18.6. The maximum Gasteiger partial charge on any atom is 0.345 e. The van der Waals surface area contributed by atoms with E-state index in [-0.39, 0.29) is 5.91 Å². The summed E-state index contributed by atoms with van der Waals surface area (Å²) >= 11 is 3.26. The number of halogens is 1. The van der Waals surface area contributed by atoms with E-state index in [0.717, 1.165) is 0 Å². The number of ether oxygens (including phenoxy) is 2. The molecule has 1 amide bonds. The van der Waals surface area contributed by atoms with Gasteiger partial charge < -0.3 is 14.8 Å². The fourth-order valence-electron chi connectivity index (χ4n) is 2.33. The largest absolute Gasteiger partial charge is 0.496 e. The van der Waals surface area contributed by atoms with Crippen molar-refractivity contribution in [1.29, 1.82) is 0 Å². The van der Waals surface area contributed by atoms with Gasteiger partial charge in [-0.3, -0.25) is 9.78 Å². The molecular formula is C20H15BrN2O4. The topological polar surface area (TPSA) is 77.5 Å². The molecular weight excluding hydrogens is 412 g/mol. The van der Waals surface area contributed by atoms with Crippen molar-refractivity contribution in [2.75, 3.05) is 12.4 Å². The Hall–Kier alpha value is -3.19. The maximum absolute atomic E-state index is 12.4. The normalized spacial score (nSPS) is 10.1. The Morgan fingerprint density at radius 1 is 1.04 bits per heavy atom. The number of rotatable bonds is 5. The summed E-state index contributed by atoms with van der Waals surface area (Å²) in [4.78, 5) is 28.4. The Morgan fingerprint density at radius 3 is 2.48 bits per heavy atom. The van der Waals surface area contributed by atoms with Gasteiger partial charge in [0.15, 0.2) is 0 Å². The molecule has 0 atom stereocenters. The lowest BCUT2D eigenvalue weighted by Gasteiger charge is -2.10. The molecule has 136 valence electrons. The predicted molar refractivity (Wildman–Crippen MR) is 104 cm³/mol. The molecule has 1 heterocycles. The summed E-state index contributed by atoms with van der Waals surface area (Å²) in [6, 6.07) is 15.1. The van der Waals surface area contributed by atoms with Crippen LogP contribution in [0.5, 0.6) is 11.5 Å². The minimum Gasteiger partial charge on any atom is -0.496 e. The highest BCUT2D eigenvalue weighted by atomic mass is 79.9. The zero-order chi connectivity index (χ0) is 19.2. The summed E-state index contributed by atoms with van der Waals surface area (Å²) in [5.41, 5.74) is 1.32. The molecule has 0 fully saturated rings. The lowest BCUT2D eigenvalue weighted by Crippen LogP contribution is -2.13. The van der Waals surface area contributed by atoms with Gasteiger partial charge in [0.2, 0.25) is 0 Å². The number of benzene rings is 2. The van der Waals surface area contributed by atoms with Gasteiger partial charge in [-0.05, 0) is 58.4 Å². The van der Waals surface area contributed by atoms with Crippen LogP contribution in [0.25, 0.3) is 0 Å². The summed E-state index contributed by atoms with van der Waals surface area (Å²) < 4.78 is 11.2. The summed E-state index contributed by atoms with van der Waals surface area (Å²) in [7, 11) is 1.51. The predicted octanol–water partition coefficient (Wildman–Crippen LogP) is 4.32. The SMILES string of the molecule is COc1ccccc1C(=O)Nc1ccc(OC(=O)c2cncc(Br)c2)cc1. The number of methoxy groups -OCH3 is 1. The average Bonchev–Trinajstić information content (AvgIpc) is 2.69. The minimum absolute atomic E-state index is 0.294. The maximum atomic E-state index is 12.4. The molecule has 0 radical (unpaired) electrons. The molecule has 3 rings (SSSR count). The molecule has 6 nitrogen and oxygen atoms in total. The Labute approximate surface area is 164 Å². The van der Waals surface area contributed by atoms with Crippen molar-refractivity contribution in [3.63, 3.8) is 0 Å². The van der Waals surface area contributed by atoms with Gasteiger partial charge in [-0.25, -0.2) is 4.79 Å². The summed E-state index contributed by atoms with van der Waals surface area (Å²) in [6.45, 7) is 0. The van der Waals surface area contributed by atoms with Gasteiger partial charge >= 0.3 is 5.97 Å². The number of aromatic nitrogens is 1. The van der Waals surface area contributed by atoms with E-state index in [0.29, 0.717) is 32.8 Å². The van der Waals surface area contributed by atoms with Crippen LogP contribution in [0.4, 0.5) is 5.69 Å². The van der Waals surface area contributed by atoms with Crippen LogP contribution in [-0.2, 0) is 0 Å². The Morgan fingerprint density at radius 2 is 1.78 bits per heavy atom. The van der Waals surface area contributed by atoms with E-state index in [1.54, 1.807) is 60.8 Å². The molecule has 0 aliphatic heterocycles. The molecule has 27 heavy (non-hydrogen) atoms. The number of pyridine rings is 1. The lowest BCUT2D eigenvalue weighted by atomic mass is 10.2. The molecule has 0 saturated carbocycles. The van der Waals surface area contributed by atoms with Crippen molar-refractivity contribution in [3.05, 3.63) is 82.6 Å². The minimum atomic E-state index is -0.519. The highest BCUT2D eigenvalue weighted by Gasteiger charge is 2.13. The van der Waals surface area contributed by atoms with Gasteiger partial charge in [0.1, 0.15) is 11.5 Å². The number of amides is 1. The summed E-state index contributed by atoms with van der Waals surface area (Å²) in [6.07, 6.45) is 3.00. The number of nitrogens with one attached hydrogen (secondary N) is 1. The molecule has 0 saturated heterocycles. The highest BCUT2D eigenvalue weighted by molar-refractivity contribution is 9.10. The number of carbonyl (C=O) groups excluding carboxylic acids is 2. The van der Waals surface area contributed by atoms with Crippen LogP contribution in [0.15, 0.2) is 71.5 Å². The molecule has 0 unspecified atom stereocenters. The van der Waals surface area contributed by atoms with Crippen molar-refractivity contribution in [3.8, 4) is 11.5 Å². The van der Waals surface area contributed by atoms with Crippen LogP contribution in [0, 0.1) is 0 Å². The first-order chi connectivity index (χ1) is 13.1. The number of nitrogens with zero attached hydrogens (tertiary/aromatic N) is 1. The summed E-state index contributed by atoms with van der Waals surface area (Å²) in [5, 5.41) is 2.78. The van der Waals surface area contributed by atoms with Crippen molar-refractivity contribution in [1.82, 2.24) is 4.98 Å². The van der Waals surface area contributed by atoms with E-state index < -0.39 is 5.97 Å². The number of anilines is 1. The van der Waals surface area contributed by atoms with Gasteiger partial charge in [0.05, 0.1) is 18.2 Å². The van der Waals surface area contributed by atoms with E-state index in [4.69, 9.17) is 9.47 Å². The average molecular weight is 427 g/mol. The van der Waals surface area contributed by atoms with Crippen LogP contribution in [0.1, 0.15) is 20.7 Å². The van der Waals surface area contributed by atoms with Gasteiger partial charge in [0.25, 0.3) is 5.91 Å². The highest BCUT2D eigenvalue weighted by Crippen LogP contribution is 2.21. The molecule has 0 spiro atoms. The van der Waals surface area contributed by atoms with E-state index in [1.807, 2.05) is 0 Å². The zero-order valence-corrected chi connectivity index (χ0v) is 15.9. The molecule has 3 aromatic rings. The molecule has 2 aromatic carbocycles. The molecule has 7 heteroatoms. The fraction of sp³-hybridized carbons (Fsp3) is 0.0500. The van der Waals surface area contributed by atoms with Crippen LogP contribution in [-0.4, -0.2) is 24.0 Å². The fourth-order valence-corrected chi connectivity index (χ4v) is 2.69. The first-order valence-corrected chi connectivity index (χ1v) is 8.73. The monoisotopic (exact) mass is 426 g/mol. The second-order valence-corrected chi connectivity index (χ2v) is 6.38. The third-order valence-corrected chi connectivity index (χ3v) is 4.05. The van der Waals surface area contributed by atoms with Crippen LogP contribution in [0.2, 0.25) is 0 Å². The van der Waals surface area contributed by atoms with Crippen molar-refractivity contribution in [2.45, 2.75) is 0 Å². The van der Waals surface area contributed by atoms with Crippen molar-refractivity contribution >= 4 is 33.5 Å². The lowest BCUT2D eigenvalue weighted by molar-refractivity contribution is 0.0734. The Bertz CT molecular complexity index is 974. The second kappa shape index (κ2) is 8.46. The van der Waals surface area contributed by atoms with Crippen LogP contribution < -0.4 is 14.8 Å². The van der Waals surface area contributed by atoms with Gasteiger partial charge in [-0.15, -0.1) is 0 Å². The van der Waals surface area contributed by atoms with E-state index in [2.05, 4.69) is 26.2 Å². The quantitative estimate of drug-likeness (QED) is 0.485. The Kier molecular flexibility index (Phi) is 5.83. The molecule has 1 aromatic heterocycles. The van der Waals surface area contributed by atoms with E-state index >= 15 is 0 Å². The number of carbonyl (C=O) groups is 2. The van der Waals surface area contributed by atoms with Crippen molar-refractivity contribution in [2.24, 2.45) is 0 Å². The van der Waals surface area contributed by atoms with Crippen LogP contribution >= 0.6 is 15.9 Å². The molecule has 0 aliphatic rings. The number of esters is 1. The smallest absolute Gasteiger partial charge is 0.345 e. The van der Waals surface area contributed by atoms with E-state index in [1.165, 1.54) is 13.3 Å². The van der Waals surface area contributed by atoms with Crippen molar-refractivity contribution < 1.29 is 19.1 Å². The van der Waals surface area contributed by atoms with Crippen LogP contribution in [0.3, 0.4) is 0 Å². The zero-order valence-electron chi connectivity index (χ0n) is 14.3. The number of hydrogen-bond acceptors (Lipinski definition) is 5. The number of hydrogen-bond donors (Lipinski definition) is 1. The molecule has 1 N–H and O–H groups in total. The summed E-state index contributed by atoms with van der Waals surface area (Å²) in [5.74, 6) is 0.0328. The molecule has 0 aliphatic carbocycles. The van der Waals surface area contributed by atoms with Gasteiger partial charge in [-0.1, -0.05) is 12.1 Å². The third-order valence-electron chi connectivity index (χ3n) is 3.61. The third kappa shape index (κ3) is 4.71. The molecule has 0 bridgehead atoms. The first-order valence-electron chi connectivity index (χ1n) is 7.94. The standard InChI is InChI=1S/C20H15BrN2O4/c1-26-18-5-3-2-4-17(18)19(24)23-15-6-8-16(9-7-15)27-20(25)13-10-14(21)12-22-11-13/h2-12H,1H3,(H,23,24). The van der Waals surface area contributed by atoms with Gasteiger partial charge in [0, 0.05) is 22.6 Å². The van der Waals surface area contributed by atoms with Gasteiger partial charge in [-0.2, -0.15) is 0 Å².